The molecular weight excluding hydrogens is 421 g/mol. The van der Waals surface area contributed by atoms with Crippen molar-refractivity contribution >= 4 is 28.5 Å². The van der Waals surface area contributed by atoms with Gasteiger partial charge in [-0.25, -0.2) is 0 Å². The fourth-order valence-electron chi connectivity index (χ4n) is 3.21. The van der Waals surface area contributed by atoms with E-state index in [1.54, 1.807) is 0 Å². The summed E-state index contributed by atoms with van der Waals surface area (Å²) in [5, 5.41) is 11.4. The smallest absolute Gasteiger partial charge is 0.222 e. The second-order valence-corrected chi connectivity index (χ2v) is 14.4. The van der Waals surface area contributed by atoms with Crippen LogP contribution in [0.1, 0.15) is 45.4 Å². The van der Waals surface area contributed by atoms with Crippen LogP contribution in [-0.4, -0.2) is 70.1 Å². The van der Waals surface area contributed by atoms with E-state index in [0.29, 0.717) is 39.1 Å². The van der Waals surface area contributed by atoms with Crippen molar-refractivity contribution in [2.45, 2.75) is 77.2 Å². The van der Waals surface area contributed by atoms with Gasteiger partial charge in [0.2, 0.25) is 11.8 Å². The van der Waals surface area contributed by atoms with Gasteiger partial charge < -0.3 is 23.7 Å². The van der Waals surface area contributed by atoms with Crippen molar-refractivity contribution in [3.63, 3.8) is 0 Å². The van der Waals surface area contributed by atoms with E-state index in [1.165, 1.54) is 6.92 Å². The summed E-state index contributed by atoms with van der Waals surface area (Å²) >= 11 is 0. The number of nitrogens with one attached hydrogen (secondary N) is 1. The predicted octanol–water partition coefficient (Wildman–Crippen LogP) is 3.39. The molecule has 1 aliphatic rings. The lowest BCUT2D eigenvalue weighted by Gasteiger charge is -2.27. The number of amides is 2. The van der Waals surface area contributed by atoms with Gasteiger partial charge in [-0.2, -0.15) is 5.26 Å². The molecule has 30 heavy (non-hydrogen) atoms. The maximum Gasteiger partial charge on any atom is 0.222 e. The largest absolute Gasteiger partial charge is 0.416 e. The molecule has 1 unspecified atom stereocenters. The Bertz CT molecular complexity index is 582. The second-order valence-electron chi connectivity index (χ2n) is 8.56. The van der Waals surface area contributed by atoms with E-state index < -0.39 is 16.7 Å². The Morgan fingerprint density at radius 2 is 2.00 bits per heavy atom. The highest BCUT2D eigenvalue weighted by molar-refractivity contribution is 7.46. The first-order valence-electron chi connectivity index (χ1n) is 10.7. The van der Waals surface area contributed by atoms with Crippen LogP contribution in [0.3, 0.4) is 0 Å². The number of carbonyl (C=O) groups excluding carboxylic acids is 2. The van der Waals surface area contributed by atoms with Gasteiger partial charge in [0.15, 0.2) is 16.7 Å². The molecule has 1 fully saturated rings. The number of unbranched alkanes of at least 4 members (excludes halogenated alkanes) is 2. The molecule has 0 spiro atoms. The maximum atomic E-state index is 12.9. The van der Waals surface area contributed by atoms with E-state index in [-0.39, 0.29) is 24.0 Å². The summed E-state index contributed by atoms with van der Waals surface area (Å²) in [6, 6.07) is 2.08. The molecule has 1 N–H and O–H groups in total. The van der Waals surface area contributed by atoms with Gasteiger partial charge >= 0.3 is 0 Å². The predicted molar refractivity (Wildman–Crippen MR) is 120 cm³/mol. The first kappa shape index (κ1) is 27.0. The summed E-state index contributed by atoms with van der Waals surface area (Å²) in [6.45, 7) is 12.0. The van der Waals surface area contributed by atoms with Crippen molar-refractivity contribution in [1.29, 1.82) is 5.26 Å². The number of nitriles is 1. The lowest BCUT2D eigenvalue weighted by Crippen LogP contribution is -2.41. The van der Waals surface area contributed by atoms with Crippen LogP contribution >= 0.6 is 8.38 Å². The molecule has 8 nitrogen and oxygen atoms in total. The van der Waals surface area contributed by atoms with Gasteiger partial charge in [0.25, 0.3) is 0 Å². The molecule has 1 aliphatic heterocycles. The summed E-state index contributed by atoms with van der Waals surface area (Å²) in [5.74, 6) is 0.113. The number of likely N-dealkylation sites (tertiary alicyclic amines) is 1. The first-order valence-corrected chi connectivity index (χ1v) is 15.7. The lowest BCUT2D eigenvalue weighted by atomic mass is 10.1. The van der Waals surface area contributed by atoms with Crippen LogP contribution in [-0.2, 0) is 23.1 Å². The van der Waals surface area contributed by atoms with Crippen LogP contribution in [0.5, 0.6) is 0 Å². The van der Waals surface area contributed by atoms with E-state index in [1.807, 2.05) is 11.6 Å². The SMILES string of the molecule is CC(=O)NCCCCCC(=O)N1C[C@H](OP(C)OCCC#N)C[C@H]1CO[Si](C)(C)C. The van der Waals surface area contributed by atoms with Gasteiger partial charge in [-0.05, 0) is 38.9 Å². The molecule has 10 heteroatoms. The van der Waals surface area contributed by atoms with E-state index in [2.05, 4.69) is 31.0 Å². The number of carbonyl (C=O) groups is 2. The molecule has 0 radical (unpaired) electrons. The van der Waals surface area contributed by atoms with Crippen molar-refractivity contribution in [3.8, 4) is 6.07 Å². The van der Waals surface area contributed by atoms with Crippen LogP contribution in [0.2, 0.25) is 19.6 Å². The molecule has 0 aromatic rings. The van der Waals surface area contributed by atoms with Crippen molar-refractivity contribution in [1.82, 2.24) is 10.2 Å². The van der Waals surface area contributed by atoms with Crippen molar-refractivity contribution in [3.05, 3.63) is 0 Å². The summed E-state index contributed by atoms with van der Waals surface area (Å²) < 4.78 is 17.7. The van der Waals surface area contributed by atoms with Crippen molar-refractivity contribution < 1.29 is 23.1 Å². The van der Waals surface area contributed by atoms with E-state index in [0.717, 1.165) is 25.7 Å². The molecule has 0 aromatic carbocycles. The quantitative estimate of drug-likeness (QED) is 0.243. The number of hydrogen-bond donors (Lipinski definition) is 1. The van der Waals surface area contributed by atoms with Gasteiger partial charge in [0.05, 0.1) is 37.8 Å². The second kappa shape index (κ2) is 14.1. The van der Waals surface area contributed by atoms with E-state index in [4.69, 9.17) is 18.7 Å². The molecule has 172 valence electrons. The molecule has 0 saturated carbocycles. The third-order valence-corrected chi connectivity index (χ3v) is 6.80. The van der Waals surface area contributed by atoms with Crippen LogP contribution < -0.4 is 5.32 Å². The van der Waals surface area contributed by atoms with Crippen molar-refractivity contribution in [2.24, 2.45) is 0 Å². The zero-order valence-corrected chi connectivity index (χ0v) is 21.0. The van der Waals surface area contributed by atoms with Crippen LogP contribution in [0, 0.1) is 11.3 Å². The Balaban J connectivity index is 2.52. The third-order valence-electron chi connectivity index (χ3n) is 4.63. The average Bonchev–Trinajstić information content (AvgIpc) is 3.05. The minimum atomic E-state index is -1.68. The Morgan fingerprint density at radius 1 is 1.27 bits per heavy atom. The number of nitrogens with zero attached hydrogens (tertiary/aromatic N) is 2. The van der Waals surface area contributed by atoms with Crippen LogP contribution in [0.4, 0.5) is 0 Å². The number of hydrogen-bond acceptors (Lipinski definition) is 6. The Morgan fingerprint density at radius 3 is 2.63 bits per heavy atom. The molecule has 0 bridgehead atoms. The van der Waals surface area contributed by atoms with E-state index >= 15 is 0 Å². The molecule has 0 aliphatic carbocycles. The molecule has 3 atom stereocenters. The van der Waals surface area contributed by atoms with Crippen molar-refractivity contribution in [2.75, 3.05) is 33.0 Å². The van der Waals surface area contributed by atoms with E-state index in [9.17, 15) is 9.59 Å². The standard InChI is InChI=1S/C20H38N3O5PSi/c1-17(24)22-12-8-6-7-10-20(25)23-15-19(28-29(2)26-13-9-11-21)14-18(23)16-27-30(3,4)5/h18-19H,6-10,12-16H2,1-5H3,(H,22,24)/t18-,19+,29?/m0/s1. The minimum Gasteiger partial charge on any atom is -0.416 e. The Labute approximate surface area is 183 Å². The van der Waals surface area contributed by atoms with Crippen LogP contribution in [0.15, 0.2) is 0 Å². The molecule has 1 rings (SSSR count). The maximum absolute atomic E-state index is 12.9. The molecule has 0 aromatic heterocycles. The average molecular weight is 460 g/mol. The zero-order chi connectivity index (χ0) is 22.6. The number of rotatable bonds is 14. The Hall–Kier alpha value is -1.04. The monoisotopic (exact) mass is 459 g/mol. The van der Waals surface area contributed by atoms with Gasteiger partial charge in [-0.3, -0.25) is 9.59 Å². The highest BCUT2D eigenvalue weighted by Gasteiger charge is 2.37. The topological polar surface area (TPSA) is 101 Å². The fraction of sp³-hybridized carbons (Fsp3) is 0.850. The molecule has 1 heterocycles. The van der Waals surface area contributed by atoms with Gasteiger partial charge in [0, 0.05) is 33.1 Å². The summed E-state index contributed by atoms with van der Waals surface area (Å²) in [7, 11) is -2.75. The first-order chi connectivity index (χ1) is 14.1. The molecular formula is C20H38N3O5PSi. The normalized spacial score (nSPS) is 20.1. The summed E-state index contributed by atoms with van der Waals surface area (Å²) in [6.07, 6.45) is 4.11. The highest BCUT2D eigenvalue weighted by atomic mass is 31.2. The summed E-state index contributed by atoms with van der Waals surface area (Å²) in [5.41, 5.74) is 0. The fourth-order valence-corrected chi connectivity index (χ4v) is 4.88. The van der Waals surface area contributed by atoms with Gasteiger partial charge in [0.1, 0.15) is 0 Å². The molecule has 2 amide bonds. The highest BCUT2D eigenvalue weighted by Crippen LogP contribution is 2.38. The molecule has 1 saturated heterocycles. The minimum absolute atomic E-state index is 0.0214. The third kappa shape index (κ3) is 12.0. The zero-order valence-electron chi connectivity index (χ0n) is 19.1. The van der Waals surface area contributed by atoms with Gasteiger partial charge in [-0.1, -0.05) is 6.42 Å². The van der Waals surface area contributed by atoms with Crippen LogP contribution in [0.25, 0.3) is 0 Å². The Kier molecular flexibility index (Phi) is 12.7. The summed E-state index contributed by atoms with van der Waals surface area (Å²) in [4.78, 5) is 25.7. The van der Waals surface area contributed by atoms with Gasteiger partial charge in [-0.15, -0.1) is 0 Å². The lowest BCUT2D eigenvalue weighted by molar-refractivity contribution is -0.133.